The first-order valence-corrected chi connectivity index (χ1v) is 0.752. The zero-order valence-corrected chi connectivity index (χ0v) is 1.88. The largest absolute Gasteiger partial charge is 0.661 e. The minimum Gasteiger partial charge on any atom is -0.400 e. The molecule has 0 aliphatic heterocycles. The molecule has 0 fully saturated rings. The monoisotopic (exact) mass is 61.0 g/mol. The van der Waals surface area contributed by atoms with Gasteiger partial charge >= 0.3 is 7.32 Å². The van der Waals surface area contributed by atoms with Crippen LogP contribution in [0, 0.1) is 0 Å². The maximum Gasteiger partial charge on any atom is 0.661 e. The molecule has 0 atom stereocenters. The lowest BCUT2D eigenvalue weighted by Crippen LogP contribution is -2.04. The van der Waals surface area contributed by atoms with Crippen molar-refractivity contribution in [1.82, 2.24) is 0 Å². The quantitative estimate of drug-likeness (QED) is 0.331. The van der Waals surface area contributed by atoms with Crippen molar-refractivity contribution in [3.63, 3.8) is 0 Å². The predicted octanol–water partition coefficient (Wildman–Crippen LogP) is -1.61. The van der Waals surface area contributed by atoms with Gasteiger partial charge in [-0.15, -0.1) is 0 Å². The fourth-order valence-corrected chi connectivity index (χ4v) is 0. The van der Waals surface area contributed by atoms with E-state index in [0.717, 1.165) is 0 Å². The molecule has 0 saturated heterocycles. The van der Waals surface area contributed by atoms with Crippen molar-refractivity contribution in [1.29, 1.82) is 0 Å². The molecule has 0 amide bonds. The summed E-state index contributed by atoms with van der Waals surface area (Å²) in [4.78, 5) is 0. The van der Waals surface area contributed by atoms with Gasteiger partial charge < -0.3 is 10.0 Å². The molecule has 0 spiro atoms. The fourth-order valence-electron chi connectivity index (χ4n) is 0. The van der Waals surface area contributed by atoms with Gasteiger partial charge in [0.2, 0.25) is 0 Å². The lowest BCUT2D eigenvalue weighted by atomic mass is 10.3. The van der Waals surface area contributed by atoms with Crippen molar-refractivity contribution in [2.45, 2.75) is 0 Å². The molecule has 0 unspecified atom stereocenters. The van der Waals surface area contributed by atoms with E-state index in [4.69, 9.17) is 15.1 Å². The summed E-state index contributed by atoms with van der Waals surface area (Å²) in [6, 6.07) is 0. The predicted molar refractivity (Wildman–Crippen MR) is 10.9 cm³/mol. The van der Waals surface area contributed by atoms with E-state index < -0.39 is 7.32 Å². The van der Waals surface area contributed by atoms with E-state index >= 15 is 0 Å². The van der Waals surface area contributed by atoms with E-state index in [1.807, 2.05) is 0 Å². The number of hydrogen-bond donors (Lipinski definition) is 2. The highest BCUT2D eigenvalue weighted by molar-refractivity contribution is 6.30. The van der Waals surface area contributed by atoms with Crippen LogP contribution in [0.2, 0.25) is 0 Å². The number of hydrogen-bond acceptors (Lipinski definition) is 2. The maximum atomic E-state index is 8.64. The SMILES string of the molecule is [O]B(O)O. The van der Waals surface area contributed by atoms with Crippen molar-refractivity contribution < 1.29 is 15.1 Å². The Labute approximate surface area is 23.7 Å². The van der Waals surface area contributed by atoms with E-state index in [-0.39, 0.29) is 0 Å². The zero-order chi connectivity index (χ0) is 3.58. The molecule has 4 heavy (non-hydrogen) atoms. The number of rotatable bonds is 0. The van der Waals surface area contributed by atoms with Crippen molar-refractivity contribution in [2.75, 3.05) is 0 Å². The molecule has 0 bridgehead atoms. The van der Waals surface area contributed by atoms with Gasteiger partial charge in [-0.05, 0) is 0 Å². The second-order valence-electron chi connectivity index (χ2n) is 0.326. The Balaban J connectivity index is 2.32. The van der Waals surface area contributed by atoms with Gasteiger partial charge in [0.1, 0.15) is 0 Å². The van der Waals surface area contributed by atoms with Crippen LogP contribution in [-0.4, -0.2) is 17.4 Å². The Kier molecular flexibility index (Phi) is 1.27. The second kappa shape index (κ2) is 1.28. The van der Waals surface area contributed by atoms with Gasteiger partial charge in [-0.3, -0.25) is 0 Å². The average Bonchev–Trinajstić information content (AvgIpc) is 0.811. The summed E-state index contributed by atoms with van der Waals surface area (Å²) in [6.45, 7) is 0. The van der Waals surface area contributed by atoms with Gasteiger partial charge in [-0.25, -0.2) is 5.02 Å². The zero-order valence-electron chi connectivity index (χ0n) is 1.88. The van der Waals surface area contributed by atoms with Gasteiger partial charge in [0.25, 0.3) is 0 Å². The molecule has 0 aromatic rings. The average molecular weight is 60.8 g/mol. The highest BCUT2D eigenvalue weighted by Gasteiger charge is 1.96. The molecule has 0 saturated carbocycles. The molecular weight excluding hydrogens is 58.8 g/mol. The minimum absolute atomic E-state index is 2.42. The molecular formula is H2BO3. The lowest BCUT2D eigenvalue weighted by Gasteiger charge is -1.65. The smallest absolute Gasteiger partial charge is 0.400 e. The summed E-state index contributed by atoms with van der Waals surface area (Å²) in [5.74, 6) is 0. The van der Waals surface area contributed by atoms with Crippen LogP contribution >= 0.6 is 0 Å². The standard InChI is InChI=1S/BH2O3/c2-1(3)4/h2-3H. The van der Waals surface area contributed by atoms with Crippen LogP contribution < -0.4 is 0 Å². The van der Waals surface area contributed by atoms with Crippen LogP contribution in [-0.2, 0) is 5.02 Å². The van der Waals surface area contributed by atoms with Gasteiger partial charge in [0, 0.05) is 0 Å². The normalized spacial score (nSPS) is 6.75. The molecule has 4 heteroatoms. The molecule has 3 nitrogen and oxygen atoms in total. The molecule has 0 aliphatic rings. The highest BCUT2D eigenvalue weighted by Crippen LogP contribution is 1.43. The molecule has 0 aliphatic carbocycles. The van der Waals surface area contributed by atoms with Crippen molar-refractivity contribution >= 4 is 7.32 Å². The molecule has 1 radical (unpaired) electrons. The third kappa shape index (κ3) is 573. The first kappa shape index (κ1) is 3.94. The van der Waals surface area contributed by atoms with Gasteiger partial charge in [-0.1, -0.05) is 0 Å². The third-order valence-electron chi connectivity index (χ3n) is 0. The summed E-state index contributed by atoms with van der Waals surface area (Å²) in [5, 5.41) is 22.8. The Morgan fingerprint density at radius 2 is 1.50 bits per heavy atom. The summed E-state index contributed by atoms with van der Waals surface area (Å²) < 4.78 is 0. The lowest BCUT2D eigenvalue weighted by molar-refractivity contribution is 0.229. The van der Waals surface area contributed by atoms with E-state index in [1.165, 1.54) is 0 Å². The fraction of sp³-hybridized carbons (Fsp3) is 0. The minimum atomic E-state index is -2.42. The first-order valence-electron chi connectivity index (χ1n) is 0.752. The molecule has 0 rings (SSSR count). The van der Waals surface area contributed by atoms with Crippen LogP contribution in [0.25, 0.3) is 0 Å². The Morgan fingerprint density at radius 3 is 1.50 bits per heavy atom. The topological polar surface area (TPSA) is 60.4 Å². The van der Waals surface area contributed by atoms with E-state index in [9.17, 15) is 0 Å². The summed E-state index contributed by atoms with van der Waals surface area (Å²) in [7, 11) is -2.42. The van der Waals surface area contributed by atoms with E-state index in [0.29, 0.717) is 0 Å². The molecule has 2 N–H and O–H groups in total. The third-order valence-corrected chi connectivity index (χ3v) is 0. The van der Waals surface area contributed by atoms with Crippen LogP contribution in [0.15, 0.2) is 0 Å². The van der Waals surface area contributed by atoms with E-state index in [2.05, 4.69) is 0 Å². The van der Waals surface area contributed by atoms with Crippen molar-refractivity contribution in [3.05, 3.63) is 0 Å². The van der Waals surface area contributed by atoms with Gasteiger partial charge in [0.05, 0.1) is 0 Å². The summed E-state index contributed by atoms with van der Waals surface area (Å²) in [5.41, 5.74) is 0. The van der Waals surface area contributed by atoms with Gasteiger partial charge in [0.15, 0.2) is 0 Å². The molecule has 23 valence electrons. The van der Waals surface area contributed by atoms with E-state index in [1.54, 1.807) is 0 Å². The van der Waals surface area contributed by atoms with Crippen LogP contribution in [0.5, 0.6) is 0 Å². The molecule has 0 heterocycles. The van der Waals surface area contributed by atoms with Crippen LogP contribution in [0.4, 0.5) is 0 Å². The Morgan fingerprint density at radius 1 is 1.50 bits per heavy atom. The van der Waals surface area contributed by atoms with Crippen LogP contribution in [0.3, 0.4) is 0 Å². The van der Waals surface area contributed by atoms with Crippen molar-refractivity contribution in [2.24, 2.45) is 0 Å². The first-order chi connectivity index (χ1) is 1.73. The summed E-state index contributed by atoms with van der Waals surface area (Å²) >= 11 is 0. The molecule has 0 aromatic carbocycles. The highest BCUT2D eigenvalue weighted by atomic mass is 16.5. The maximum absolute atomic E-state index is 8.64. The Bertz CT molecular complexity index is 8.00. The van der Waals surface area contributed by atoms with Gasteiger partial charge in [-0.2, -0.15) is 0 Å². The Hall–Kier alpha value is -0.0551. The summed E-state index contributed by atoms with van der Waals surface area (Å²) in [6.07, 6.45) is 0. The van der Waals surface area contributed by atoms with Crippen LogP contribution in [0.1, 0.15) is 0 Å². The molecule has 0 aromatic heterocycles. The van der Waals surface area contributed by atoms with Crippen molar-refractivity contribution in [3.8, 4) is 0 Å². The second-order valence-corrected chi connectivity index (χ2v) is 0.326.